The molecule has 1 heterocycles. The summed E-state index contributed by atoms with van der Waals surface area (Å²) in [7, 11) is 0. The largest absolute Gasteiger partial charge is 0.387 e. The predicted molar refractivity (Wildman–Crippen MR) is 84.0 cm³/mol. The van der Waals surface area contributed by atoms with Gasteiger partial charge in [-0.05, 0) is 23.8 Å². The van der Waals surface area contributed by atoms with Crippen LogP contribution >= 0.6 is 0 Å². The van der Waals surface area contributed by atoms with Gasteiger partial charge in [0.1, 0.15) is 5.82 Å². The Balaban J connectivity index is 1.99. The number of nitro groups is 1. The lowest BCUT2D eigenvalue weighted by molar-refractivity contribution is -0.384. The molecule has 3 aromatic rings. The Morgan fingerprint density at radius 2 is 2.08 bits per heavy atom. The number of aromatic nitrogens is 2. The van der Waals surface area contributed by atoms with Crippen molar-refractivity contribution in [2.24, 2.45) is 0 Å². The van der Waals surface area contributed by atoms with E-state index in [2.05, 4.69) is 4.98 Å². The second-order valence-corrected chi connectivity index (χ2v) is 5.23. The molecule has 0 radical (unpaired) electrons. The van der Waals surface area contributed by atoms with E-state index < -0.39 is 22.4 Å². The molecule has 0 aliphatic carbocycles. The molecule has 1 unspecified atom stereocenters. The Kier molecular flexibility index (Phi) is 4.05. The number of rotatable bonds is 4. The lowest BCUT2D eigenvalue weighted by Gasteiger charge is -2.13. The molecule has 0 fully saturated rings. The number of hydrogen-bond acceptors (Lipinski definition) is 5. The van der Waals surface area contributed by atoms with Gasteiger partial charge in [0.2, 0.25) is 0 Å². The van der Waals surface area contributed by atoms with E-state index in [1.807, 2.05) is 0 Å². The van der Waals surface area contributed by atoms with Gasteiger partial charge in [0.25, 0.3) is 11.2 Å². The summed E-state index contributed by atoms with van der Waals surface area (Å²) in [4.78, 5) is 26.8. The third-order valence-electron chi connectivity index (χ3n) is 3.62. The molecule has 0 saturated carbocycles. The van der Waals surface area contributed by atoms with Gasteiger partial charge < -0.3 is 5.11 Å². The van der Waals surface area contributed by atoms with Crippen LogP contribution in [0.3, 0.4) is 0 Å². The van der Waals surface area contributed by atoms with Gasteiger partial charge in [-0.1, -0.05) is 12.1 Å². The number of halogens is 1. The summed E-state index contributed by atoms with van der Waals surface area (Å²) >= 11 is 0. The third-order valence-corrected chi connectivity index (χ3v) is 3.62. The molecule has 0 aliphatic rings. The minimum atomic E-state index is -1.11. The van der Waals surface area contributed by atoms with E-state index in [4.69, 9.17) is 0 Å². The topological polar surface area (TPSA) is 98.3 Å². The van der Waals surface area contributed by atoms with Crippen molar-refractivity contribution in [3.63, 3.8) is 0 Å². The molecule has 1 atom stereocenters. The quantitative estimate of drug-likeness (QED) is 0.584. The van der Waals surface area contributed by atoms with E-state index in [0.29, 0.717) is 11.1 Å². The highest BCUT2D eigenvalue weighted by Crippen LogP contribution is 2.18. The Labute approximate surface area is 134 Å². The summed E-state index contributed by atoms with van der Waals surface area (Å²) in [5.74, 6) is -0.494. The fourth-order valence-corrected chi connectivity index (χ4v) is 2.40. The van der Waals surface area contributed by atoms with Gasteiger partial charge in [0.05, 0.1) is 34.8 Å². The first-order valence-electron chi connectivity index (χ1n) is 7.03. The minimum absolute atomic E-state index is 0.0816. The molecule has 8 heteroatoms. The maximum atomic E-state index is 13.2. The standard InChI is InChI=1S/C16H12FN3O4/c17-11-3-1-2-10(6-11)15(21)8-19-9-18-14-5-4-12(20(23)24)7-13(14)16(19)22/h1-7,9,15,21H,8H2. The van der Waals surface area contributed by atoms with Crippen LogP contribution in [0.1, 0.15) is 11.7 Å². The number of non-ortho nitro benzene ring substituents is 1. The van der Waals surface area contributed by atoms with Crippen molar-refractivity contribution in [1.82, 2.24) is 9.55 Å². The number of aliphatic hydroxyl groups excluding tert-OH is 1. The van der Waals surface area contributed by atoms with E-state index in [-0.39, 0.29) is 17.6 Å². The maximum Gasteiger partial charge on any atom is 0.270 e. The molecule has 2 aromatic carbocycles. The number of benzene rings is 2. The zero-order valence-electron chi connectivity index (χ0n) is 12.3. The van der Waals surface area contributed by atoms with E-state index in [1.54, 1.807) is 0 Å². The van der Waals surface area contributed by atoms with Crippen molar-refractivity contribution in [3.05, 3.63) is 80.6 Å². The average Bonchev–Trinajstić information content (AvgIpc) is 2.57. The van der Waals surface area contributed by atoms with Crippen LogP contribution in [0, 0.1) is 15.9 Å². The summed E-state index contributed by atoms with van der Waals surface area (Å²) in [5.41, 5.74) is -0.0906. The Bertz CT molecular complexity index is 986. The fourth-order valence-electron chi connectivity index (χ4n) is 2.40. The van der Waals surface area contributed by atoms with Crippen LogP contribution in [0.25, 0.3) is 10.9 Å². The number of fused-ring (bicyclic) bond motifs is 1. The zero-order chi connectivity index (χ0) is 17.3. The fraction of sp³-hybridized carbons (Fsp3) is 0.125. The van der Waals surface area contributed by atoms with Gasteiger partial charge in [-0.25, -0.2) is 9.37 Å². The summed E-state index contributed by atoms with van der Waals surface area (Å²) in [6, 6.07) is 9.23. The van der Waals surface area contributed by atoms with Gasteiger partial charge in [-0.2, -0.15) is 0 Å². The van der Waals surface area contributed by atoms with Crippen molar-refractivity contribution in [3.8, 4) is 0 Å². The predicted octanol–water partition coefficient (Wildman–Crippen LogP) is 2.18. The van der Waals surface area contributed by atoms with Crippen LogP contribution < -0.4 is 5.56 Å². The molecule has 0 aliphatic heterocycles. The molecule has 1 aromatic heterocycles. The van der Waals surface area contributed by atoms with Crippen LogP contribution in [-0.2, 0) is 6.54 Å². The van der Waals surface area contributed by atoms with Gasteiger partial charge >= 0.3 is 0 Å². The van der Waals surface area contributed by atoms with Crippen molar-refractivity contribution in [2.45, 2.75) is 12.6 Å². The lowest BCUT2D eigenvalue weighted by atomic mass is 10.1. The van der Waals surface area contributed by atoms with Crippen LogP contribution in [-0.4, -0.2) is 19.6 Å². The first-order valence-corrected chi connectivity index (χ1v) is 7.03. The number of hydrogen-bond donors (Lipinski definition) is 1. The SMILES string of the molecule is O=c1c2cc([N+](=O)[O-])ccc2ncn1CC(O)c1cccc(F)c1. The Morgan fingerprint density at radius 1 is 1.29 bits per heavy atom. The second-order valence-electron chi connectivity index (χ2n) is 5.23. The van der Waals surface area contributed by atoms with Crippen LogP contribution in [0.2, 0.25) is 0 Å². The highest BCUT2D eigenvalue weighted by Gasteiger charge is 2.14. The molecule has 24 heavy (non-hydrogen) atoms. The van der Waals surface area contributed by atoms with Crippen LogP contribution in [0.5, 0.6) is 0 Å². The highest BCUT2D eigenvalue weighted by atomic mass is 19.1. The van der Waals surface area contributed by atoms with Gasteiger partial charge in [-0.15, -0.1) is 0 Å². The summed E-state index contributed by atoms with van der Waals surface area (Å²) < 4.78 is 14.4. The van der Waals surface area contributed by atoms with Crippen LogP contribution in [0.4, 0.5) is 10.1 Å². The normalized spacial score (nSPS) is 12.2. The summed E-state index contributed by atoms with van der Waals surface area (Å²) in [6.45, 7) is -0.145. The molecule has 3 rings (SSSR count). The van der Waals surface area contributed by atoms with E-state index in [0.717, 1.165) is 10.6 Å². The number of aliphatic hydroxyl groups is 1. The molecule has 0 bridgehead atoms. The molecule has 7 nitrogen and oxygen atoms in total. The molecular formula is C16H12FN3O4. The molecule has 0 saturated heterocycles. The Hall–Kier alpha value is -3.13. The third kappa shape index (κ3) is 2.99. The molecule has 122 valence electrons. The Morgan fingerprint density at radius 3 is 2.79 bits per heavy atom. The first-order chi connectivity index (χ1) is 11.5. The highest BCUT2D eigenvalue weighted by molar-refractivity contribution is 5.79. The minimum Gasteiger partial charge on any atom is -0.387 e. The first kappa shape index (κ1) is 15.8. The van der Waals surface area contributed by atoms with Crippen molar-refractivity contribution in [2.75, 3.05) is 0 Å². The monoisotopic (exact) mass is 329 g/mol. The summed E-state index contributed by atoms with van der Waals surface area (Å²) in [5, 5.41) is 21.1. The van der Waals surface area contributed by atoms with Gasteiger partial charge in [-0.3, -0.25) is 19.5 Å². The summed E-state index contributed by atoms with van der Waals surface area (Å²) in [6.07, 6.45) is 0.135. The van der Waals surface area contributed by atoms with Crippen LogP contribution in [0.15, 0.2) is 53.6 Å². The van der Waals surface area contributed by atoms with E-state index in [9.17, 15) is 24.4 Å². The second kappa shape index (κ2) is 6.17. The van der Waals surface area contributed by atoms with Crippen molar-refractivity contribution in [1.29, 1.82) is 0 Å². The average molecular weight is 329 g/mol. The van der Waals surface area contributed by atoms with Crippen molar-refractivity contribution < 1.29 is 14.4 Å². The van der Waals surface area contributed by atoms with Gasteiger partial charge in [0.15, 0.2) is 0 Å². The zero-order valence-corrected chi connectivity index (χ0v) is 12.3. The molecule has 0 spiro atoms. The number of nitro benzene ring substituents is 1. The lowest BCUT2D eigenvalue weighted by Crippen LogP contribution is -2.23. The molecule has 1 N–H and O–H groups in total. The molecule has 0 amide bonds. The van der Waals surface area contributed by atoms with E-state index >= 15 is 0 Å². The number of nitrogens with zero attached hydrogens (tertiary/aromatic N) is 3. The smallest absolute Gasteiger partial charge is 0.270 e. The van der Waals surface area contributed by atoms with E-state index in [1.165, 1.54) is 42.7 Å². The maximum absolute atomic E-state index is 13.2. The molecular weight excluding hydrogens is 317 g/mol. The van der Waals surface area contributed by atoms with Gasteiger partial charge in [0, 0.05) is 12.1 Å². The van der Waals surface area contributed by atoms with Crippen molar-refractivity contribution >= 4 is 16.6 Å².